The molecule has 0 spiro atoms. The fourth-order valence-electron chi connectivity index (χ4n) is 3.17. The SMILES string of the molecule is CNC(=O)CN1CCC(NC(=O)C(C)(C)c2ccccc2OC)CC1. The zero-order valence-corrected chi connectivity index (χ0v) is 15.6. The highest BCUT2D eigenvalue weighted by Gasteiger charge is 2.34. The molecule has 1 aromatic carbocycles. The molecule has 2 rings (SSSR count). The van der Waals surface area contributed by atoms with Gasteiger partial charge in [0.05, 0.1) is 19.1 Å². The van der Waals surface area contributed by atoms with Gasteiger partial charge in [0.1, 0.15) is 5.75 Å². The number of nitrogens with one attached hydrogen (secondary N) is 2. The number of piperidine rings is 1. The summed E-state index contributed by atoms with van der Waals surface area (Å²) in [4.78, 5) is 26.4. The minimum atomic E-state index is -0.675. The number of likely N-dealkylation sites (tertiary alicyclic amines) is 1. The molecule has 138 valence electrons. The van der Waals surface area contributed by atoms with Crippen molar-refractivity contribution in [3.05, 3.63) is 29.8 Å². The van der Waals surface area contributed by atoms with Crippen molar-refractivity contribution in [2.45, 2.75) is 38.1 Å². The molecule has 1 saturated heterocycles. The van der Waals surface area contributed by atoms with Crippen molar-refractivity contribution in [1.29, 1.82) is 0 Å². The number of likely N-dealkylation sites (N-methyl/N-ethyl adjacent to an activating group) is 1. The first-order chi connectivity index (χ1) is 11.9. The maximum atomic E-state index is 12.9. The molecule has 0 unspecified atom stereocenters. The molecule has 1 aliphatic heterocycles. The average molecular weight is 347 g/mol. The number of benzene rings is 1. The maximum absolute atomic E-state index is 12.9. The molecule has 1 aliphatic rings. The van der Waals surface area contributed by atoms with E-state index in [2.05, 4.69) is 15.5 Å². The summed E-state index contributed by atoms with van der Waals surface area (Å²) in [5.41, 5.74) is 0.207. The topological polar surface area (TPSA) is 70.7 Å². The third-order valence-corrected chi connectivity index (χ3v) is 4.92. The Morgan fingerprint density at radius 1 is 1.24 bits per heavy atom. The highest BCUT2D eigenvalue weighted by atomic mass is 16.5. The van der Waals surface area contributed by atoms with Crippen LogP contribution in [0.25, 0.3) is 0 Å². The van der Waals surface area contributed by atoms with Crippen LogP contribution in [0.3, 0.4) is 0 Å². The molecule has 6 nitrogen and oxygen atoms in total. The Morgan fingerprint density at radius 2 is 1.88 bits per heavy atom. The standard InChI is InChI=1S/C19H29N3O3/c1-19(2,15-7-5-6-8-16(15)25-4)18(24)21-14-9-11-22(12-10-14)13-17(23)20-3/h5-8,14H,9-13H2,1-4H3,(H,20,23)(H,21,24). The Labute approximate surface area is 149 Å². The van der Waals surface area contributed by atoms with Gasteiger partial charge in [-0.05, 0) is 32.8 Å². The van der Waals surface area contributed by atoms with Crippen LogP contribution in [0.1, 0.15) is 32.3 Å². The molecule has 1 fully saturated rings. The van der Waals surface area contributed by atoms with Crippen LogP contribution in [-0.2, 0) is 15.0 Å². The minimum Gasteiger partial charge on any atom is -0.496 e. The molecule has 0 aliphatic carbocycles. The first-order valence-corrected chi connectivity index (χ1v) is 8.76. The van der Waals surface area contributed by atoms with Crippen LogP contribution in [-0.4, -0.2) is 56.5 Å². The van der Waals surface area contributed by atoms with E-state index in [9.17, 15) is 9.59 Å². The maximum Gasteiger partial charge on any atom is 0.233 e. The lowest BCUT2D eigenvalue weighted by Gasteiger charge is -2.34. The minimum absolute atomic E-state index is 0.00162. The molecule has 0 bridgehead atoms. The van der Waals surface area contributed by atoms with Gasteiger partial charge in [0.25, 0.3) is 0 Å². The molecule has 0 aromatic heterocycles. The van der Waals surface area contributed by atoms with Crippen molar-refractivity contribution in [1.82, 2.24) is 15.5 Å². The van der Waals surface area contributed by atoms with Crippen molar-refractivity contribution >= 4 is 11.8 Å². The molecule has 25 heavy (non-hydrogen) atoms. The van der Waals surface area contributed by atoms with Crippen LogP contribution >= 0.6 is 0 Å². The average Bonchev–Trinajstić information content (AvgIpc) is 2.63. The number of rotatable bonds is 6. The van der Waals surface area contributed by atoms with E-state index in [0.29, 0.717) is 6.54 Å². The van der Waals surface area contributed by atoms with E-state index in [1.165, 1.54) is 0 Å². The highest BCUT2D eigenvalue weighted by molar-refractivity contribution is 5.88. The van der Waals surface area contributed by atoms with Crippen LogP contribution in [0.2, 0.25) is 0 Å². The Bertz CT molecular complexity index is 608. The number of ether oxygens (including phenoxy) is 1. The number of nitrogens with zero attached hydrogens (tertiary/aromatic N) is 1. The predicted octanol–water partition coefficient (Wildman–Crippen LogP) is 1.30. The summed E-state index contributed by atoms with van der Waals surface area (Å²) in [7, 11) is 3.27. The molecular weight excluding hydrogens is 318 g/mol. The zero-order valence-electron chi connectivity index (χ0n) is 15.6. The monoisotopic (exact) mass is 347 g/mol. The molecule has 6 heteroatoms. The van der Waals surface area contributed by atoms with Crippen LogP contribution < -0.4 is 15.4 Å². The largest absolute Gasteiger partial charge is 0.496 e. The predicted molar refractivity (Wildman–Crippen MR) is 97.7 cm³/mol. The fraction of sp³-hybridized carbons (Fsp3) is 0.579. The first kappa shape index (κ1) is 19.2. The van der Waals surface area contributed by atoms with Crippen LogP contribution in [0.5, 0.6) is 5.75 Å². The Kier molecular flexibility index (Phi) is 6.42. The van der Waals surface area contributed by atoms with E-state index in [1.54, 1.807) is 14.2 Å². The normalized spacial score (nSPS) is 16.3. The summed E-state index contributed by atoms with van der Waals surface area (Å²) < 4.78 is 5.41. The van der Waals surface area contributed by atoms with Gasteiger partial charge in [-0.3, -0.25) is 14.5 Å². The summed E-state index contributed by atoms with van der Waals surface area (Å²) >= 11 is 0. The van der Waals surface area contributed by atoms with E-state index >= 15 is 0 Å². The van der Waals surface area contributed by atoms with Gasteiger partial charge in [0, 0.05) is 31.7 Å². The second-order valence-electron chi connectivity index (χ2n) is 7.02. The van der Waals surface area contributed by atoms with Gasteiger partial charge in [0.15, 0.2) is 0 Å². The van der Waals surface area contributed by atoms with Gasteiger partial charge >= 0.3 is 0 Å². The van der Waals surface area contributed by atoms with E-state index in [0.717, 1.165) is 37.2 Å². The number of methoxy groups -OCH3 is 1. The zero-order chi connectivity index (χ0) is 18.4. The number of amides is 2. The number of para-hydroxylation sites is 1. The van der Waals surface area contributed by atoms with Crippen LogP contribution in [0, 0.1) is 0 Å². The van der Waals surface area contributed by atoms with Crippen LogP contribution in [0.4, 0.5) is 0 Å². The number of hydrogen-bond acceptors (Lipinski definition) is 4. The van der Waals surface area contributed by atoms with E-state index < -0.39 is 5.41 Å². The van der Waals surface area contributed by atoms with E-state index in [4.69, 9.17) is 4.74 Å². The molecule has 0 atom stereocenters. The summed E-state index contributed by atoms with van der Waals surface area (Å²) in [5.74, 6) is 0.754. The molecule has 0 radical (unpaired) electrons. The first-order valence-electron chi connectivity index (χ1n) is 8.76. The number of hydrogen-bond donors (Lipinski definition) is 2. The molecule has 2 N–H and O–H groups in total. The van der Waals surface area contributed by atoms with Gasteiger partial charge < -0.3 is 15.4 Å². The van der Waals surface area contributed by atoms with Gasteiger partial charge in [-0.15, -0.1) is 0 Å². The summed E-state index contributed by atoms with van der Waals surface area (Å²) in [6.45, 7) is 5.88. The third-order valence-electron chi connectivity index (χ3n) is 4.92. The second kappa shape index (κ2) is 8.34. The summed E-state index contributed by atoms with van der Waals surface area (Å²) in [6, 6.07) is 7.77. The van der Waals surface area contributed by atoms with Crippen molar-refractivity contribution in [2.75, 3.05) is 33.8 Å². The quantitative estimate of drug-likeness (QED) is 0.814. The molecule has 1 heterocycles. The lowest BCUT2D eigenvalue weighted by molar-refractivity contribution is -0.127. The van der Waals surface area contributed by atoms with Crippen molar-refractivity contribution < 1.29 is 14.3 Å². The lowest BCUT2D eigenvalue weighted by atomic mass is 9.82. The Balaban J connectivity index is 1.95. The van der Waals surface area contributed by atoms with Gasteiger partial charge in [-0.2, -0.15) is 0 Å². The third kappa shape index (κ3) is 4.72. The second-order valence-corrected chi connectivity index (χ2v) is 7.02. The number of carbonyl (C=O) groups excluding carboxylic acids is 2. The van der Waals surface area contributed by atoms with Crippen molar-refractivity contribution in [3.8, 4) is 5.75 Å². The molecule has 2 amide bonds. The van der Waals surface area contributed by atoms with Gasteiger partial charge in [-0.1, -0.05) is 18.2 Å². The highest BCUT2D eigenvalue weighted by Crippen LogP contribution is 2.32. The summed E-state index contributed by atoms with van der Waals surface area (Å²) in [5, 5.41) is 5.82. The van der Waals surface area contributed by atoms with Gasteiger partial charge in [-0.25, -0.2) is 0 Å². The summed E-state index contributed by atoms with van der Waals surface area (Å²) in [6.07, 6.45) is 1.70. The molecular formula is C19H29N3O3. The fourth-order valence-corrected chi connectivity index (χ4v) is 3.17. The number of carbonyl (C=O) groups is 2. The van der Waals surface area contributed by atoms with Gasteiger partial charge in [0.2, 0.25) is 11.8 Å². The molecule has 1 aromatic rings. The van der Waals surface area contributed by atoms with Crippen molar-refractivity contribution in [3.63, 3.8) is 0 Å². The van der Waals surface area contributed by atoms with E-state index in [-0.39, 0.29) is 17.9 Å². The lowest BCUT2D eigenvalue weighted by Crippen LogP contribution is -2.50. The Morgan fingerprint density at radius 3 is 2.48 bits per heavy atom. The molecule has 0 saturated carbocycles. The van der Waals surface area contributed by atoms with Crippen molar-refractivity contribution in [2.24, 2.45) is 0 Å². The van der Waals surface area contributed by atoms with Crippen LogP contribution in [0.15, 0.2) is 24.3 Å². The van der Waals surface area contributed by atoms with E-state index in [1.807, 2.05) is 38.1 Å². The Hall–Kier alpha value is -2.08. The smallest absolute Gasteiger partial charge is 0.233 e.